The van der Waals surface area contributed by atoms with Crippen molar-refractivity contribution < 1.29 is 18.3 Å². The lowest BCUT2D eigenvalue weighted by Gasteiger charge is -2.23. The Morgan fingerprint density at radius 1 is 1.50 bits per heavy atom. The molecule has 1 aromatic rings. The van der Waals surface area contributed by atoms with Gasteiger partial charge in [0, 0.05) is 6.54 Å². The highest BCUT2D eigenvalue weighted by Crippen LogP contribution is 2.30. The fraction of sp³-hybridized carbons (Fsp3) is 0.300. The van der Waals surface area contributed by atoms with Gasteiger partial charge in [0.1, 0.15) is 0 Å². The Kier molecular flexibility index (Phi) is 2.38. The van der Waals surface area contributed by atoms with Crippen molar-refractivity contribution in [3.8, 4) is 0 Å². The van der Waals surface area contributed by atoms with Gasteiger partial charge < -0.3 is 10.4 Å². The summed E-state index contributed by atoms with van der Waals surface area (Å²) in [4.78, 5) is 10.9. The molecule has 1 aromatic carbocycles. The van der Waals surface area contributed by atoms with Gasteiger partial charge in [-0.1, -0.05) is 0 Å². The first-order valence-corrected chi connectivity index (χ1v) is 6.32. The van der Waals surface area contributed by atoms with E-state index in [2.05, 4.69) is 5.32 Å². The monoisotopic (exact) mass is 241 g/mol. The molecule has 0 aliphatic carbocycles. The maximum absolute atomic E-state index is 11.9. The molecule has 2 N–H and O–H groups in total. The molecule has 0 amide bonds. The van der Waals surface area contributed by atoms with Crippen molar-refractivity contribution in [1.82, 2.24) is 0 Å². The Labute approximate surface area is 93.0 Å². The minimum Gasteiger partial charge on any atom is -0.478 e. The molecular formula is C10H11NO4S. The number of benzene rings is 1. The summed E-state index contributed by atoms with van der Waals surface area (Å²) in [5, 5.41) is 11.2. The number of anilines is 1. The highest BCUT2D eigenvalue weighted by molar-refractivity contribution is 7.92. The number of carboxylic acid groups (broad SMARTS) is 1. The van der Waals surface area contributed by atoms with E-state index in [1.807, 2.05) is 0 Å². The van der Waals surface area contributed by atoms with Crippen LogP contribution in [-0.2, 0) is 9.84 Å². The molecule has 2 rings (SSSR count). The summed E-state index contributed by atoms with van der Waals surface area (Å²) in [7, 11) is -3.32. The van der Waals surface area contributed by atoms with Crippen LogP contribution in [0.3, 0.4) is 0 Å². The summed E-state index contributed by atoms with van der Waals surface area (Å²) in [6, 6.07) is 4.00. The lowest BCUT2D eigenvalue weighted by Crippen LogP contribution is -2.32. The first kappa shape index (κ1) is 10.9. The van der Waals surface area contributed by atoms with Gasteiger partial charge in [0.2, 0.25) is 0 Å². The maximum atomic E-state index is 11.9. The molecule has 1 aliphatic heterocycles. The van der Waals surface area contributed by atoms with Gasteiger partial charge in [-0.2, -0.15) is 0 Å². The molecule has 0 fully saturated rings. The number of aromatic carboxylic acids is 1. The molecule has 0 radical (unpaired) electrons. The van der Waals surface area contributed by atoms with E-state index in [1.165, 1.54) is 18.2 Å². The standard InChI is InChI=1S/C10H11NO4S/c1-6-5-11-8-4-7(10(12)13)2-3-9(8)16(6,14)15/h2-4,6,11H,5H2,1H3,(H,12,13). The summed E-state index contributed by atoms with van der Waals surface area (Å²) in [5.41, 5.74) is 0.453. The van der Waals surface area contributed by atoms with E-state index >= 15 is 0 Å². The number of hydrogen-bond acceptors (Lipinski definition) is 4. The summed E-state index contributed by atoms with van der Waals surface area (Å²) < 4.78 is 23.8. The number of rotatable bonds is 1. The van der Waals surface area contributed by atoms with Crippen molar-refractivity contribution >= 4 is 21.5 Å². The smallest absolute Gasteiger partial charge is 0.335 e. The third kappa shape index (κ3) is 1.55. The predicted molar refractivity (Wildman–Crippen MR) is 58.5 cm³/mol. The molecule has 1 aliphatic rings. The van der Waals surface area contributed by atoms with Crippen molar-refractivity contribution in [2.45, 2.75) is 17.1 Å². The fourth-order valence-corrected chi connectivity index (χ4v) is 3.06. The molecule has 0 spiro atoms. The van der Waals surface area contributed by atoms with Crippen molar-refractivity contribution in [3.05, 3.63) is 23.8 Å². The second kappa shape index (κ2) is 3.48. The van der Waals surface area contributed by atoms with Crippen LogP contribution in [0.1, 0.15) is 17.3 Å². The lowest BCUT2D eigenvalue weighted by atomic mass is 10.2. The molecular weight excluding hydrogens is 230 g/mol. The lowest BCUT2D eigenvalue weighted by molar-refractivity contribution is 0.0697. The molecule has 5 nitrogen and oxygen atoms in total. The van der Waals surface area contributed by atoms with Crippen molar-refractivity contribution in [1.29, 1.82) is 0 Å². The van der Waals surface area contributed by atoms with Crippen LogP contribution in [0, 0.1) is 0 Å². The summed E-state index contributed by atoms with van der Waals surface area (Å²) in [5.74, 6) is -1.07. The summed E-state index contributed by atoms with van der Waals surface area (Å²) >= 11 is 0. The molecule has 6 heteroatoms. The second-order valence-corrected chi connectivity index (χ2v) is 6.09. The predicted octanol–water partition coefficient (Wildman–Crippen LogP) is 0.973. The van der Waals surface area contributed by atoms with Crippen LogP contribution in [0.5, 0.6) is 0 Å². The Hall–Kier alpha value is -1.56. The highest BCUT2D eigenvalue weighted by Gasteiger charge is 2.30. The molecule has 0 aromatic heterocycles. The third-order valence-electron chi connectivity index (χ3n) is 2.64. The van der Waals surface area contributed by atoms with E-state index in [9.17, 15) is 13.2 Å². The minimum atomic E-state index is -3.32. The quantitative estimate of drug-likeness (QED) is 0.765. The third-order valence-corrected chi connectivity index (χ3v) is 4.84. The Morgan fingerprint density at radius 2 is 2.19 bits per heavy atom. The minimum absolute atomic E-state index is 0.0796. The molecule has 0 saturated carbocycles. The first-order chi connectivity index (χ1) is 7.43. The van der Waals surface area contributed by atoms with E-state index in [0.717, 1.165) is 0 Å². The summed E-state index contributed by atoms with van der Waals surface area (Å²) in [6.07, 6.45) is 0. The van der Waals surface area contributed by atoms with Gasteiger partial charge in [-0.05, 0) is 25.1 Å². The van der Waals surface area contributed by atoms with Gasteiger partial charge in [0.15, 0.2) is 9.84 Å². The van der Waals surface area contributed by atoms with Gasteiger partial charge >= 0.3 is 5.97 Å². The van der Waals surface area contributed by atoms with Crippen molar-refractivity contribution in [2.24, 2.45) is 0 Å². The SMILES string of the molecule is CC1CNc2cc(C(=O)O)ccc2S1(=O)=O. The Morgan fingerprint density at radius 3 is 2.81 bits per heavy atom. The normalized spacial score (nSPS) is 21.9. The van der Waals surface area contributed by atoms with Gasteiger partial charge in [-0.25, -0.2) is 13.2 Å². The number of nitrogens with one attached hydrogen (secondary N) is 1. The number of fused-ring (bicyclic) bond motifs is 1. The van der Waals surface area contributed by atoms with E-state index in [4.69, 9.17) is 5.11 Å². The van der Waals surface area contributed by atoms with Crippen LogP contribution in [0.25, 0.3) is 0 Å². The molecule has 1 unspecified atom stereocenters. The molecule has 1 atom stereocenters. The van der Waals surface area contributed by atoms with Crippen LogP contribution in [0.15, 0.2) is 23.1 Å². The van der Waals surface area contributed by atoms with Gasteiger partial charge in [-0.15, -0.1) is 0 Å². The molecule has 86 valence electrons. The van der Waals surface area contributed by atoms with E-state index in [-0.39, 0.29) is 10.5 Å². The van der Waals surface area contributed by atoms with Gasteiger partial charge in [0.25, 0.3) is 0 Å². The second-order valence-electron chi connectivity index (χ2n) is 3.75. The largest absolute Gasteiger partial charge is 0.478 e. The van der Waals surface area contributed by atoms with E-state index in [1.54, 1.807) is 6.92 Å². The van der Waals surface area contributed by atoms with Crippen molar-refractivity contribution in [3.63, 3.8) is 0 Å². The van der Waals surface area contributed by atoms with Gasteiger partial charge in [-0.3, -0.25) is 0 Å². The topological polar surface area (TPSA) is 83.5 Å². The van der Waals surface area contributed by atoms with Crippen LogP contribution in [0.4, 0.5) is 5.69 Å². The highest BCUT2D eigenvalue weighted by atomic mass is 32.2. The number of carboxylic acids is 1. The molecule has 0 bridgehead atoms. The zero-order chi connectivity index (χ0) is 11.9. The first-order valence-electron chi connectivity index (χ1n) is 4.78. The maximum Gasteiger partial charge on any atom is 0.335 e. The van der Waals surface area contributed by atoms with E-state index < -0.39 is 21.1 Å². The van der Waals surface area contributed by atoms with Gasteiger partial charge in [0.05, 0.1) is 21.4 Å². The number of carbonyl (C=O) groups is 1. The Balaban J connectivity index is 2.60. The molecule has 16 heavy (non-hydrogen) atoms. The van der Waals surface area contributed by atoms with Crippen molar-refractivity contribution in [2.75, 3.05) is 11.9 Å². The Bertz CT molecular complexity index is 550. The van der Waals surface area contributed by atoms with Crippen LogP contribution in [-0.4, -0.2) is 31.3 Å². The average molecular weight is 241 g/mol. The molecule has 0 saturated heterocycles. The zero-order valence-corrected chi connectivity index (χ0v) is 9.41. The zero-order valence-electron chi connectivity index (χ0n) is 8.60. The van der Waals surface area contributed by atoms with E-state index in [0.29, 0.717) is 12.2 Å². The number of sulfone groups is 1. The number of hydrogen-bond donors (Lipinski definition) is 2. The summed E-state index contributed by atoms with van der Waals surface area (Å²) in [6.45, 7) is 1.93. The average Bonchev–Trinajstić information content (AvgIpc) is 2.23. The van der Waals surface area contributed by atoms with Crippen LogP contribution >= 0.6 is 0 Å². The van der Waals surface area contributed by atoms with Crippen LogP contribution < -0.4 is 5.32 Å². The fourth-order valence-electron chi connectivity index (χ4n) is 1.63. The molecule has 1 heterocycles. The van der Waals surface area contributed by atoms with Crippen LogP contribution in [0.2, 0.25) is 0 Å².